The number of imidazole rings is 1. The van der Waals surface area contributed by atoms with E-state index in [1.807, 2.05) is 23.9 Å². The van der Waals surface area contributed by atoms with Crippen LogP contribution in [-0.2, 0) is 13.5 Å². The van der Waals surface area contributed by atoms with Crippen LogP contribution in [0.3, 0.4) is 0 Å². The van der Waals surface area contributed by atoms with Crippen molar-refractivity contribution in [1.29, 1.82) is 0 Å². The quantitative estimate of drug-likeness (QED) is 0.827. The number of nitrogens with one attached hydrogen (secondary N) is 1. The Kier molecular flexibility index (Phi) is 3.41. The van der Waals surface area contributed by atoms with E-state index >= 15 is 0 Å². The highest BCUT2D eigenvalue weighted by molar-refractivity contribution is 6.29. The Morgan fingerprint density at radius 2 is 2.25 bits per heavy atom. The van der Waals surface area contributed by atoms with Gasteiger partial charge in [-0.25, -0.2) is 9.97 Å². The number of aromatic nitrogens is 3. The zero-order valence-corrected chi connectivity index (χ0v) is 9.78. The molecule has 0 aliphatic heterocycles. The Morgan fingerprint density at radius 1 is 1.38 bits per heavy atom. The molecule has 0 fully saturated rings. The molecule has 0 aliphatic carbocycles. The molecule has 2 rings (SSSR count). The van der Waals surface area contributed by atoms with Crippen LogP contribution in [0.15, 0.2) is 30.7 Å². The summed E-state index contributed by atoms with van der Waals surface area (Å²) in [5.41, 5.74) is 0.981. The first kappa shape index (κ1) is 11.0. The highest BCUT2D eigenvalue weighted by Crippen LogP contribution is 2.11. The largest absolute Gasteiger partial charge is 0.384 e. The summed E-state index contributed by atoms with van der Waals surface area (Å²) in [6.07, 6.45) is 6.31. The number of anilines is 1. The lowest BCUT2D eigenvalue weighted by Crippen LogP contribution is -2.08. The minimum atomic E-state index is 0.502. The van der Waals surface area contributed by atoms with Gasteiger partial charge < -0.3 is 9.88 Å². The van der Waals surface area contributed by atoms with E-state index in [9.17, 15) is 0 Å². The molecule has 0 aliphatic rings. The van der Waals surface area contributed by atoms with Crippen molar-refractivity contribution in [3.8, 4) is 0 Å². The molecule has 4 nitrogen and oxygen atoms in total. The van der Waals surface area contributed by atoms with E-state index in [1.54, 1.807) is 18.5 Å². The minimum absolute atomic E-state index is 0.502. The van der Waals surface area contributed by atoms with Gasteiger partial charge in [0.15, 0.2) is 0 Å². The molecule has 0 bridgehead atoms. The summed E-state index contributed by atoms with van der Waals surface area (Å²) in [6.45, 7) is 0.825. The van der Waals surface area contributed by atoms with Gasteiger partial charge in [0.1, 0.15) is 11.0 Å². The summed E-state index contributed by atoms with van der Waals surface area (Å²) < 4.78 is 2.02. The third-order valence-corrected chi connectivity index (χ3v) is 2.53. The number of hydrogen-bond donors (Lipinski definition) is 1. The number of aryl methyl sites for hydroxylation is 1. The molecule has 84 valence electrons. The fourth-order valence-corrected chi connectivity index (χ4v) is 1.64. The van der Waals surface area contributed by atoms with Crippen LogP contribution in [0.2, 0.25) is 5.15 Å². The lowest BCUT2D eigenvalue weighted by molar-refractivity contribution is 0.789. The summed E-state index contributed by atoms with van der Waals surface area (Å²) in [7, 11) is 1.99. The molecule has 0 amide bonds. The van der Waals surface area contributed by atoms with Gasteiger partial charge in [-0.3, -0.25) is 0 Å². The Hall–Kier alpha value is -1.55. The Balaban J connectivity index is 1.87. The van der Waals surface area contributed by atoms with E-state index < -0.39 is 0 Å². The highest BCUT2D eigenvalue weighted by atomic mass is 35.5. The van der Waals surface area contributed by atoms with Crippen molar-refractivity contribution < 1.29 is 0 Å². The zero-order chi connectivity index (χ0) is 11.4. The van der Waals surface area contributed by atoms with Crippen molar-refractivity contribution in [2.24, 2.45) is 7.05 Å². The molecular formula is C11H13ClN4. The maximum Gasteiger partial charge on any atom is 0.131 e. The summed E-state index contributed by atoms with van der Waals surface area (Å²) in [4.78, 5) is 8.17. The first-order chi connectivity index (χ1) is 7.75. The average Bonchev–Trinajstić information content (AvgIpc) is 2.65. The van der Waals surface area contributed by atoms with Gasteiger partial charge in [0, 0.05) is 44.3 Å². The van der Waals surface area contributed by atoms with E-state index in [0.717, 1.165) is 24.5 Å². The highest BCUT2D eigenvalue weighted by Gasteiger charge is 1.99. The summed E-state index contributed by atoms with van der Waals surface area (Å²) >= 11 is 5.78. The third kappa shape index (κ3) is 2.73. The zero-order valence-electron chi connectivity index (χ0n) is 9.02. The van der Waals surface area contributed by atoms with Gasteiger partial charge in [0.05, 0.1) is 0 Å². The van der Waals surface area contributed by atoms with Gasteiger partial charge in [0.2, 0.25) is 0 Å². The maximum absolute atomic E-state index is 5.78. The monoisotopic (exact) mass is 236 g/mol. The van der Waals surface area contributed by atoms with Crippen molar-refractivity contribution in [3.05, 3.63) is 41.7 Å². The average molecular weight is 237 g/mol. The van der Waals surface area contributed by atoms with Gasteiger partial charge in [-0.15, -0.1) is 0 Å². The molecule has 2 aromatic heterocycles. The molecule has 0 unspecified atom stereocenters. The molecule has 0 saturated carbocycles. The summed E-state index contributed by atoms with van der Waals surface area (Å²) in [5.74, 6) is 1.06. The molecule has 0 radical (unpaired) electrons. The predicted octanol–water partition coefficient (Wildman–Crippen LogP) is 2.12. The van der Waals surface area contributed by atoms with Gasteiger partial charge in [-0.2, -0.15) is 0 Å². The van der Waals surface area contributed by atoms with Crippen LogP contribution >= 0.6 is 11.6 Å². The predicted molar refractivity (Wildman–Crippen MR) is 64.6 cm³/mol. The van der Waals surface area contributed by atoms with Crippen LogP contribution < -0.4 is 5.32 Å². The molecule has 16 heavy (non-hydrogen) atoms. The topological polar surface area (TPSA) is 42.7 Å². The molecule has 0 aromatic carbocycles. The normalized spacial score (nSPS) is 10.4. The number of pyridine rings is 1. The van der Waals surface area contributed by atoms with Crippen LogP contribution in [0.1, 0.15) is 5.82 Å². The minimum Gasteiger partial charge on any atom is -0.384 e. The lowest BCUT2D eigenvalue weighted by Gasteiger charge is -2.06. The number of halogens is 1. The van der Waals surface area contributed by atoms with Gasteiger partial charge >= 0.3 is 0 Å². The fraction of sp³-hybridized carbons (Fsp3) is 0.273. The molecule has 0 atom stereocenters. The van der Waals surface area contributed by atoms with E-state index in [2.05, 4.69) is 15.3 Å². The second-order valence-corrected chi connectivity index (χ2v) is 3.89. The fourth-order valence-electron chi connectivity index (χ4n) is 1.47. The van der Waals surface area contributed by atoms with E-state index in [0.29, 0.717) is 5.15 Å². The van der Waals surface area contributed by atoms with Crippen LogP contribution in [-0.4, -0.2) is 21.1 Å². The van der Waals surface area contributed by atoms with Crippen LogP contribution in [0.25, 0.3) is 0 Å². The van der Waals surface area contributed by atoms with Gasteiger partial charge in [-0.1, -0.05) is 11.6 Å². The molecular weight excluding hydrogens is 224 g/mol. The molecule has 0 spiro atoms. The Labute approximate surface area is 99.3 Å². The van der Waals surface area contributed by atoms with E-state index in [-0.39, 0.29) is 0 Å². The molecule has 0 saturated heterocycles. The number of nitrogens with zero attached hydrogens (tertiary/aromatic N) is 3. The Morgan fingerprint density at radius 3 is 2.94 bits per heavy atom. The SMILES string of the molecule is Cn1ccnc1CCNc1ccnc(Cl)c1. The van der Waals surface area contributed by atoms with Gasteiger partial charge in [-0.05, 0) is 12.1 Å². The molecule has 2 aromatic rings. The van der Waals surface area contributed by atoms with Crippen molar-refractivity contribution in [1.82, 2.24) is 14.5 Å². The van der Waals surface area contributed by atoms with E-state index in [1.165, 1.54) is 0 Å². The van der Waals surface area contributed by atoms with Crippen molar-refractivity contribution >= 4 is 17.3 Å². The first-order valence-corrected chi connectivity index (χ1v) is 5.45. The summed E-state index contributed by atoms with van der Waals surface area (Å²) in [5, 5.41) is 3.78. The van der Waals surface area contributed by atoms with Crippen molar-refractivity contribution in [2.45, 2.75) is 6.42 Å². The second-order valence-electron chi connectivity index (χ2n) is 3.50. The van der Waals surface area contributed by atoms with Crippen LogP contribution in [0.5, 0.6) is 0 Å². The third-order valence-electron chi connectivity index (χ3n) is 2.33. The standard InChI is InChI=1S/C11H13ClN4/c1-16-7-6-15-11(16)3-5-13-9-2-4-14-10(12)8-9/h2,4,6-8H,3,5H2,1H3,(H,13,14). The molecule has 1 N–H and O–H groups in total. The molecule has 5 heteroatoms. The first-order valence-electron chi connectivity index (χ1n) is 5.07. The van der Waals surface area contributed by atoms with Crippen LogP contribution in [0.4, 0.5) is 5.69 Å². The van der Waals surface area contributed by atoms with Crippen molar-refractivity contribution in [3.63, 3.8) is 0 Å². The number of hydrogen-bond acceptors (Lipinski definition) is 3. The maximum atomic E-state index is 5.78. The second kappa shape index (κ2) is 4.99. The van der Waals surface area contributed by atoms with Gasteiger partial charge in [0.25, 0.3) is 0 Å². The smallest absolute Gasteiger partial charge is 0.131 e. The Bertz CT molecular complexity index is 467. The van der Waals surface area contributed by atoms with E-state index in [4.69, 9.17) is 11.6 Å². The van der Waals surface area contributed by atoms with Crippen LogP contribution in [0, 0.1) is 0 Å². The van der Waals surface area contributed by atoms with Crippen molar-refractivity contribution in [2.75, 3.05) is 11.9 Å². The molecule has 2 heterocycles. The summed E-state index contributed by atoms with van der Waals surface area (Å²) in [6, 6.07) is 3.70. The lowest BCUT2D eigenvalue weighted by atomic mass is 10.3. The number of rotatable bonds is 4.